The number of carbonyl (C=O) groups is 2. The van der Waals surface area contributed by atoms with Crippen molar-refractivity contribution in [1.29, 1.82) is 0 Å². The monoisotopic (exact) mass is 283 g/mol. The summed E-state index contributed by atoms with van der Waals surface area (Å²) in [6.07, 6.45) is 2.62. The van der Waals surface area contributed by atoms with Gasteiger partial charge in [-0.05, 0) is 52.4 Å². The molecule has 1 saturated carbocycles. The number of allylic oxidation sites excluding steroid dienone is 1. The minimum Gasteiger partial charge on any atom is -0.480 e. The van der Waals surface area contributed by atoms with Crippen LogP contribution in [0.5, 0.6) is 0 Å². The number of carboxylic acids is 1. The van der Waals surface area contributed by atoms with Gasteiger partial charge in [-0.15, -0.1) is 0 Å². The predicted molar refractivity (Wildman–Crippen MR) is 76.5 cm³/mol. The molecule has 1 aliphatic carbocycles. The van der Waals surface area contributed by atoms with Crippen LogP contribution in [0.3, 0.4) is 0 Å². The van der Waals surface area contributed by atoms with Crippen LogP contribution in [-0.2, 0) is 9.53 Å². The maximum atomic E-state index is 11.7. The lowest BCUT2D eigenvalue weighted by molar-refractivity contribution is -0.140. The molecule has 0 saturated heterocycles. The van der Waals surface area contributed by atoms with Gasteiger partial charge in [-0.2, -0.15) is 0 Å². The van der Waals surface area contributed by atoms with E-state index < -0.39 is 23.7 Å². The lowest BCUT2D eigenvalue weighted by atomic mass is 9.61. The third-order valence-corrected chi connectivity index (χ3v) is 3.80. The SMILES string of the molecule is C=C(C)C1(CC(NC(=O)OC(C)(C)C)C(=O)O)CCC1. The molecule has 1 amide bonds. The molecule has 0 aliphatic heterocycles. The van der Waals surface area contributed by atoms with Crippen molar-refractivity contribution in [3.63, 3.8) is 0 Å². The van der Waals surface area contributed by atoms with Crippen molar-refractivity contribution >= 4 is 12.1 Å². The molecule has 0 heterocycles. The van der Waals surface area contributed by atoms with Crippen LogP contribution in [0, 0.1) is 5.41 Å². The van der Waals surface area contributed by atoms with Crippen molar-refractivity contribution in [3.05, 3.63) is 12.2 Å². The first-order valence-electron chi connectivity index (χ1n) is 6.94. The van der Waals surface area contributed by atoms with E-state index in [1.807, 2.05) is 6.92 Å². The Kier molecular flexibility index (Phi) is 4.84. The molecule has 0 radical (unpaired) electrons. The fraction of sp³-hybridized carbons (Fsp3) is 0.733. The number of hydrogen-bond donors (Lipinski definition) is 2. The molecule has 5 nitrogen and oxygen atoms in total. The molecule has 0 aromatic heterocycles. The van der Waals surface area contributed by atoms with Crippen molar-refractivity contribution in [2.24, 2.45) is 5.41 Å². The van der Waals surface area contributed by atoms with Crippen LogP contribution in [0.4, 0.5) is 4.79 Å². The minimum absolute atomic E-state index is 0.155. The van der Waals surface area contributed by atoms with Gasteiger partial charge in [0.25, 0.3) is 0 Å². The van der Waals surface area contributed by atoms with E-state index in [1.165, 1.54) is 0 Å². The summed E-state index contributed by atoms with van der Waals surface area (Å²) in [5, 5.41) is 11.7. The van der Waals surface area contributed by atoms with Crippen molar-refractivity contribution in [2.75, 3.05) is 0 Å². The van der Waals surface area contributed by atoms with Crippen molar-refractivity contribution in [2.45, 2.75) is 65.0 Å². The topological polar surface area (TPSA) is 75.6 Å². The average Bonchev–Trinajstić information content (AvgIpc) is 2.17. The number of aliphatic carboxylic acids is 1. The Labute approximate surface area is 120 Å². The highest BCUT2D eigenvalue weighted by molar-refractivity contribution is 5.80. The molecular weight excluding hydrogens is 258 g/mol. The second-order valence-corrected chi connectivity index (χ2v) is 6.66. The van der Waals surface area contributed by atoms with Gasteiger partial charge in [-0.3, -0.25) is 0 Å². The van der Waals surface area contributed by atoms with E-state index in [-0.39, 0.29) is 5.41 Å². The summed E-state index contributed by atoms with van der Waals surface area (Å²) in [7, 11) is 0. The number of nitrogens with one attached hydrogen (secondary N) is 1. The zero-order chi connectivity index (χ0) is 15.6. The van der Waals surface area contributed by atoms with Gasteiger partial charge in [0, 0.05) is 0 Å². The Hall–Kier alpha value is -1.52. The number of rotatable bonds is 5. The standard InChI is InChI=1S/C15H25NO4/c1-10(2)15(7-6-8-15)9-11(12(17)18)16-13(19)20-14(3,4)5/h11H,1,6-9H2,2-5H3,(H,16,19)(H,17,18). The van der Waals surface area contributed by atoms with E-state index in [0.717, 1.165) is 24.8 Å². The largest absolute Gasteiger partial charge is 0.480 e. The van der Waals surface area contributed by atoms with E-state index in [0.29, 0.717) is 6.42 Å². The number of carboxylic acid groups (broad SMARTS) is 1. The van der Waals surface area contributed by atoms with Gasteiger partial charge in [0.15, 0.2) is 0 Å². The Bertz CT molecular complexity index is 405. The van der Waals surface area contributed by atoms with E-state index in [1.54, 1.807) is 20.8 Å². The molecule has 0 aromatic rings. The number of ether oxygens (including phenoxy) is 1. The Morgan fingerprint density at radius 3 is 2.25 bits per heavy atom. The van der Waals surface area contributed by atoms with Gasteiger partial charge < -0.3 is 15.2 Å². The van der Waals surface area contributed by atoms with Crippen LogP contribution in [0.2, 0.25) is 0 Å². The van der Waals surface area contributed by atoms with Crippen LogP contribution in [0.15, 0.2) is 12.2 Å². The highest BCUT2D eigenvalue weighted by atomic mass is 16.6. The maximum absolute atomic E-state index is 11.7. The van der Waals surface area contributed by atoms with E-state index in [2.05, 4.69) is 11.9 Å². The Morgan fingerprint density at radius 2 is 1.95 bits per heavy atom. The third-order valence-electron chi connectivity index (χ3n) is 3.80. The number of amides is 1. The summed E-state index contributed by atoms with van der Waals surface area (Å²) in [5.74, 6) is -1.04. The van der Waals surface area contributed by atoms with Crippen LogP contribution in [-0.4, -0.2) is 28.8 Å². The first-order valence-corrected chi connectivity index (χ1v) is 6.94. The molecule has 5 heteroatoms. The molecule has 1 aliphatic rings. The van der Waals surface area contributed by atoms with Crippen LogP contribution < -0.4 is 5.32 Å². The smallest absolute Gasteiger partial charge is 0.408 e. The quantitative estimate of drug-likeness (QED) is 0.760. The van der Waals surface area contributed by atoms with Gasteiger partial charge in [0.2, 0.25) is 0 Å². The lowest BCUT2D eigenvalue weighted by Crippen LogP contribution is -2.48. The fourth-order valence-corrected chi connectivity index (χ4v) is 2.45. The van der Waals surface area contributed by atoms with Crippen LogP contribution in [0.25, 0.3) is 0 Å². The molecule has 1 atom stereocenters. The third kappa shape index (κ3) is 4.25. The molecule has 0 spiro atoms. The van der Waals surface area contributed by atoms with Gasteiger partial charge in [-0.1, -0.05) is 18.6 Å². The van der Waals surface area contributed by atoms with Gasteiger partial charge in [-0.25, -0.2) is 9.59 Å². The average molecular weight is 283 g/mol. The van der Waals surface area contributed by atoms with Gasteiger partial charge in [0.1, 0.15) is 11.6 Å². The number of carbonyl (C=O) groups excluding carboxylic acids is 1. The van der Waals surface area contributed by atoms with E-state index in [9.17, 15) is 14.7 Å². The minimum atomic E-state index is -1.04. The van der Waals surface area contributed by atoms with Crippen molar-refractivity contribution in [1.82, 2.24) is 5.32 Å². The Balaban J connectivity index is 2.68. The van der Waals surface area contributed by atoms with Gasteiger partial charge >= 0.3 is 12.1 Å². The van der Waals surface area contributed by atoms with Crippen LogP contribution in [0.1, 0.15) is 53.4 Å². The molecule has 1 fully saturated rings. The summed E-state index contributed by atoms with van der Waals surface area (Å²) < 4.78 is 5.11. The van der Waals surface area contributed by atoms with E-state index >= 15 is 0 Å². The van der Waals surface area contributed by atoms with E-state index in [4.69, 9.17) is 4.74 Å². The fourth-order valence-electron chi connectivity index (χ4n) is 2.45. The normalized spacial score (nSPS) is 18.6. The second kappa shape index (κ2) is 5.85. The molecule has 0 bridgehead atoms. The molecule has 114 valence electrons. The molecule has 1 unspecified atom stereocenters. The number of hydrogen-bond acceptors (Lipinski definition) is 3. The van der Waals surface area contributed by atoms with Crippen molar-refractivity contribution in [3.8, 4) is 0 Å². The Morgan fingerprint density at radius 1 is 1.40 bits per heavy atom. The van der Waals surface area contributed by atoms with Gasteiger partial charge in [0.05, 0.1) is 0 Å². The summed E-state index contributed by atoms with van der Waals surface area (Å²) in [6, 6.07) is -0.943. The van der Waals surface area contributed by atoms with Crippen molar-refractivity contribution < 1.29 is 19.4 Å². The maximum Gasteiger partial charge on any atom is 0.408 e. The number of alkyl carbamates (subject to hydrolysis) is 1. The molecule has 20 heavy (non-hydrogen) atoms. The zero-order valence-electron chi connectivity index (χ0n) is 12.8. The first kappa shape index (κ1) is 16.5. The molecule has 0 aromatic carbocycles. The summed E-state index contributed by atoms with van der Waals surface area (Å²) in [4.78, 5) is 23.1. The highest BCUT2D eigenvalue weighted by Gasteiger charge is 2.42. The molecule has 1 rings (SSSR count). The molecule has 2 N–H and O–H groups in total. The zero-order valence-corrected chi connectivity index (χ0v) is 12.8. The summed E-state index contributed by atoms with van der Waals surface area (Å²) >= 11 is 0. The highest BCUT2D eigenvalue weighted by Crippen LogP contribution is 2.49. The first-order chi connectivity index (χ1) is 9.06. The summed E-state index contributed by atoms with van der Waals surface area (Å²) in [6.45, 7) is 11.1. The lowest BCUT2D eigenvalue weighted by Gasteiger charge is -2.44. The second-order valence-electron chi connectivity index (χ2n) is 6.66. The van der Waals surface area contributed by atoms with Crippen LogP contribution >= 0.6 is 0 Å². The predicted octanol–water partition coefficient (Wildman–Crippen LogP) is 3.10. The summed E-state index contributed by atoms with van der Waals surface area (Å²) in [5.41, 5.74) is 0.189. The molecular formula is C15H25NO4.